The van der Waals surface area contributed by atoms with Crippen molar-refractivity contribution in [1.29, 1.82) is 0 Å². The normalized spacial score (nSPS) is 15.7. The fourth-order valence-corrected chi connectivity index (χ4v) is 6.50. The van der Waals surface area contributed by atoms with E-state index in [0.29, 0.717) is 67.2 Å². The van der Waals surface area contributed by atoms with Gasteiger partial charge < -0.3 is 29.2 Å². The number of morpholine rings is 1. The average molecular weight is 690 g/mol. The third kappa shape index (κ3) is 9.07. The van der Waals surface area contributed by atoms with Gasteiger partial charge in [0.2, 0.25) is 5.91 Å². The molecular weight excluding hydrogens is 646 g/mol. The van der Waals surface area contributed by atoms with Crippen molar-refractivity contribution >= 4 is 39.8 Å². The maximum atomic E-state index is 12.9. The van der Waals surface area contributed by atoms with Gasteiger partial charge in [-0.15, -0.1) is 5.10 Å². The van der Waals surface area contributed by atoms with Crippen LogP contribution in [-0.4, -0.2) is 117 Å². The Morgan fingerprint density at radius 1 is 0.857 bits per heavy atom. The number of fused-ring (bicyclic) bond motifs is 1. The molecule has 6 rings (SSSR count). The van der Waals surface area contributed by atoms with Gasteiger partial charge in [0, 0.05) is 74.5 Å². The average Bonchev–Trinajstić information content (AvgIpc) is 3.12. The molecule has 0 saturated carbocycles. The molecular formula is C36H44ClN7O5. The third-order valence-corrected chi connectivity index (χ3v) is 9.24. The van der Waals surface area contributed by atoms with Gasteiger partial charge in [-0.3, -0.25) is 19.6 Å². The van der Waals surface area contributed by atoms with Gasteiger partial charge in [-0.05, 0) is 67.4 Å². The van der Waals surface area contributed by atoms with Crippen LogP contribution in [0.5, 0.6) is 17.2 Å². The minimum absolute atomic E-state index is 0.0979. The van der Waals surface area contributed by atoms with Crippen LogP contribution in [0, 0.1) is 0 Å². The SMILES string of the molecule is COc1ccc(NC(=O)CN2CCN(c3nnc(Cc4ccncc4)c4cc(OC)c(OCCCCN5CCOCC5)cc34)CC2)cc1Cl. The lowest BCUT2D eigenvalue weighted by Gasteiger charge is -2.35. The van der Waals surface area contributed by atoms with E-state index in [0.717, 1.165) is 73.5 Å². The summed E-state index contributed by atoms with van der Waals surface area (Å²) in [6, 6.07) is 13.3. The second-order valence-corrected chi connectivity index (χ2v) is 12.6. The molecule has 0 radical (unpaired) electrons. The number of carbonyl (C=O) groups is 1. The smallest absolute Gasteiger partial charge is 0.238 e. The molecule has 13 heteroatoms. The summed E-state index contributed by atoms with van der Waals surface area (Å²) in [6.45, 7) is 8.29. The molecule has 2 fully saturated rings. The monoisotopic (exact) mass is 689 g/mol. The molecule has 2 aliphatic heterocycles. The summed E-state index contributed by atoms with van der Waals surface area (Å²) in [7, 11) is 3.23. The minimum atomic E-state index is -0.0979. The summed E-state index contributed by atoms with van der Waals surface area (Å²) < 4.78 is 22.9. The zero-order valence-electron chi connectivity index (χ0n) is 28.2. The Balaban J connectivity index is 1.15. The molecule has 0 atom stereocenters. The summed E-state index contributed by atoms with van der Waals surface area (Å²) in [4.78, 5) is 23.8. The lowest BCUT2D eigenvalue weighted by Crippen LogP contribution is -2.49. The standard InChI is InChI=1S/C36H44ClN7O5/c1-46-32-6-5-27(22-30(32)37)39-35(45)25-43-12-14-44(15-13-43)36-29-24-34(49-18-4-3-11-42-16-19-48-20-17-42)33(47-2)23-28(29)31(40-41-36)21-26-7-9-38-10-8-26/h5-10,22-24H,3-4,11-21,25H2,1-2H3,(H,39,45). The van der Waals surface area contributed by atoms with E-state index in [4.69, 9.17) is 40.7 Å². The molecule has 2 aromatic carbocycles. The number of piperazine rings is 1. The Morgan fingerprint density at radius 3 is 2.35 bits per heavy atom. The quantitative estimate of drug-likeness (QED) is 0.188. The van der Waals surface area contributed by atoms with E-state index >= 15 is 0 Å². The first kappa shape index (κ1) is 34.6. The van der Waals surface area contributed by atoms with Crippen molar-refractivity contribution in [2.45, 2.75) is 19.3 Å². The van der Waals surface area contributed by atoms with Crippen molar-refractivity contribution in [2.24, 2.45) is 0 Å². The fraction of sp³-hybridized carbons (Fsp3) is 0.444. The van der Waals surface area contributed by atoms with Gasteiger partial charge in [-0.25, -0.2) is 0 Å². The molecule has 2 saturated heterocycles. The molecule has 12 nitrogen and oxygen atoms in total. The number of ether oxygens (including phenoxy) is 4. The lowest BCUT2D eigenvalue weighted by atomic mass is 10.0. The number of nitrogens with zero attached hydrogens (tertiary/aromatic N) is 6. The molecule has 0 bridgehead atoms. The number of carbonyl (C=O) groups excluding carboxylic acids is 1. The highest BCUT2D eigenvalue weighted by Crippen LogP contribution is 2.38. The number of hydrogen-bond acceptors (Lipinski definition) is 11. The van der Waals surface area contributed by atoms with E-state index in [9.17, 15) is 4.79 Å². The molecule has 2 aromatic heterocycles. The summed E-state index contributed by atoms with van der Waals surface area (Å²) in [5, 5.41) is 14.8. The first-order chi connectivity index (χ1) is 24.0. The zero-order valence-corrected chi connectivity index (χ0v) is 29.0. The zero-order chi connectivity index (χ0) is 34.0. The highest BCUT2D eigenvalue weighted by molar-refractivity contribution is 6.32. The topological polar surface area (TPSA) is 114 Å². The van der Waals surface area contributed by atoms with E-state index in [1.807, 2.05) is 18.2 Å². The maximum Gasteiger partial charge on any atom is 0.238 e. The molecule has 4 aromatic rings. The summed E-state index contributed by atoms with van der Waals surface area (Å²) in [5.41, 5.74) is 2.59. The number of nitrogens with one attached hydrogen (secondary N) is 1. The second kappa shape index (κ2) is 16.9. The number of amides is 1. The number of aromatic nitrogens is 3. The Labute approximate surface area is 292 Å². The first-order valence-electron chi connectivity index (χ1n) is 16.8. The van der Waals surface area contributed by atoms with Crippen LogP contribution in [0.4, 0.5) is 11.5 Å². The summed E-state index contributed by atoms with van der Waals surface area (Å²) >= 11 is 6.24. The molecule has 2 aliphatic rings. The predicted molar refractivity (Wildman–Crippen MR) is 190 cm³/mol. The molecule has 49 heavy (non-hydrogen) atoms. The lowest BCUT2D eigenvalue weighted by molar-refractivity contribution is -0.117. The van der Waals surface area contributed by atoms with E-state index in [1.165, 1.54) is 0 Å². The van der Waals surface area contributed by atoms with E-state index in [-0.39, 0.29) is 12.5 Å². The van der Waals surface area contributed by atoms with Crippen molar-refractivity contribution < 1.29 is 23.7 Å². The van der Waals surface area contributed by atoms with Crippen LogP contribution in [0.2, 0.25) is 5.02 Å². The third-order valence-electron chi connectivity index (χ3n) is 8.95. The Hall–Kier alpha value is -4.23. The molecule has 1 N–H and O–H groups in total. The Bertz CT molecular complexity index is 1700. The molecule has 0 unspecified atom stereocenters. The van der Waals surface area contributed by atoms with Crippen LogP contribution in [-0.2, 0) is 16.0 Å². The number of rotatable bonds is 14. The number of pyridine rings is 1. The molecule has 260 valence electrons. The van der Waals surface area contributed by atoms with Gasteiger partial charge in [-0.1, -0.05) is 11.6 Å². The molecule has 0 aliphatic carbocycles. The van der Waals surface area contributed by atoms with Crippen molar-refractivity contribution in [2.75, 3.05) is 96.6 Å². The number of methoxy groups -OCH3 is 2. The predicted octanol–water partition coefficient (Wildman–Crippen LogP) is 4.54. The van der Waals surface area contributed by atoms with E-state index in [2.05, 4.69) is 31.1 Å². The number of hydrogen-bond donors (Lipinski definition) is 1. The van der Waals surface area contributed by atoms with Crippen molar-refractivity contribution in [3.8, 4) is 17.2 Å². The largest absolute Gasteiger partial charge is 0.495 e. The Kier molecular flexibility index (Phi) is 12.0. The number of unbranched alkanes of at least 4 members (excludes halogenated alkanes) is 1. The van der Waals surface area contributed by atoms with Crippen LogP contribution in [0.1, 0.15) is 24.1 Å². The number of anilines is 2. The van der Waals surface area contributed by atoms with E-state index < -0.39 is 0 Å². The summed E-state index contributed by atoms with van der Waals surface area (Å²) in [6.07, 6.45) is 6.18. The van der Waals surface area contributed by atoms with Gasteiger partial charge in [0.25, 0.3) is 0 Å². The number of halogens is 1. The van der Waals surface area contributed by atoms with Crippen LogP contribution < -0.4 is 24.4 Å². The number of benzene rings is 2. The molecule has 0 spiro atoms. The van der Waals surface area contributed by atoms with Gasteiger partial charge in [-0.2, -0.15) is 5.10 Å². The van der Waals surface area contributed by atoms with Crippen LogP contribution in [0.25, 0.3) is 10.8 Å². The molecule has 1 amide bonds. The first-order valence-corrected chi connectivity index (χ1v) is 17.2. The maximum absolute atomic E-state index is 12.9. The highest BCUT2D eigenvalue weighted by Gasteiger charge is 2.24. The van der Waals surface area contributed by atoms with E-state index in [1.54, 1.807) is 44.8 Å². The van der Waals surface area contributed by atoms with Crippen molar-refractivity contribution in [3.05, 3.63) is 71.1 Å². The van der Waals surface area contributed by atoms with Crippen molar-refractivity contribution in [3.63, 3.8) is 0 Å². The van der Waals surface area contributed by atoms with Crippen LogP contribution in [0.3, 0.4) is 0 Å². The van der Waals surface area contributed by atoms with Gasteiger partial charge >= 0.3 is 0 Å². The molecule has 4 heterocycles. The van der Waals surface area contributed by atoms with Crippen LogP contribution in [0.15, 0.2) is 54.9 Å². The van der Waals surface area contributed by atoms with Crippen LogP contribution >= 0.6 is 11.6 Å². The Morgan fingerprint density at radius 2 is 1.61 bits per heavy atom. The van der Waals surface area contributed by atoms with Gasteiger partial charge in [0.05, 0.1) is 51.3 Å². The second-order valence-electron chi connectivity index (χ2n) is 12.2. The summed E-state index contributed by atoms with van der Waals surface area (Å²) in [5.74, 6) is 2.63. The van der Waals surface area contributed by atoms with Gasteiger partial charge in [0.1, 0.15) is 5.75 Å². The minimum Gasteiger partial charge on any atom is -0.495 e. The van der Waals surface area contributed by atoms with Gasteiger partial charge in [0.15, 0.2) is 17.3 Å². The fourth-order valence-electron chi connectivity index (χ4n) is 6.24. The highest BCUT2D eigenvalue weighted by atomic mass is 35.5. The van der Waals surface area contributed by atoms with Crippen molar-refractivity contribution in [1.82, 2.24) is 25.0 Å².